The Morgan fingerprint density at radius 3 is 2.37 bits per heavy atom. The Labute approximate surface area is 180 Å². The van der Waals surface area contributed by atoms with Gasteiger partial charge in [-0.25, -0.2) is 4.99 Å². The van der Waals surface area contributed by atoms with Crippen molar-refractivity contribution >= 4 is 35.8 Å². The van der Waals surface area contributed by atoms with Crippen LogP contribution in [0.1, 0.15) is 38.2 Å². The van der Waals surface area contributed by atoms with Crippen LogP contribution in [0.3, 0.4) is 0 Å². The van der Waals surface area contributed by atoms with Gasteiger partial charge in [-0.15, -0.1) is 24.0 Å². The first-order valence-corrected chi connectivity index (χ1v) is 9.35. The largest absolute Gasteiger partial charge is 0.355 e. The van der Waals surface area contributed by atoms with Crippen molar-refractivity contribution in [2.75, 3.05) is 33.7 Å². The highest BCUT2D eigenvalue weighted by Gasteiger charge is 2.35. The number of benzene rings is 1. The number of nitrogens with zero attached hydrogens (tertiary/aromatic N) is 2. The fourth-order valence-corrected chi connectivity index (χ4v) is 3.36. The maximum atomic E-state index is 11.9. The first-order valence-electron chi connectivity index (χ1n) is 9.35. The monoisotopic (exact) mass is 484 g/mol. The molecule has 6 heteroatoms. The lowest BCUT2D eigenvalue weighted by atomic mass is 9.79. The van der Waals surface area contributed by atoms with Gasteiger partial charge in [-0.2, -0.15) is 0 Å². The first kappa shape index (κ1) is 23.5. The number of aliphatic imine (C=N–C) groups is 1. The maximum absolute atomic E-state index is 11.9. The number of carbonyl (C=O) groups excluding carboxylic acids is 1. The van der Waals surface area contributed by atoms with Gasteiger partial charge in [0.05, 0.1) is 0 Å². The lowest BCUT2D eigenvalue weighted by Gasteiger charge is -2.31. The Bertz CT molecular complexity index is 637. The standard InChI is InChI=1S/C21H32N4O.HI/c1-17(2)14-22-20(23-15-19(26)25(3)4)24-16-21(12-8-9-13-21)18-10-6-5-7-11-18;/h5-7,10-11H,1,8-9,12-16H2,2-4H3,(H2,22,23,24);1H. The summed E-state index contributed by atoms with van der Waals surface area (Å²) >= 11 is 0. The SMILES string of the molecule is C=C(C)CNC(=NCC(=O)N(C)C)NCC1(c2ccccc2)CCCC1.I. The van der Waals surface area contributed by atoms with Crippen LogP contribution in [-0.2, 0) is 10.2 Å². The van der Waals surface area contributed by atoms with Crippen molar-refractivity contribution in [3.63, 3.8) is 0 Å². The molecule has 2 N–H and O–H groups in total. The fraction of sp³-hybridized carbons (Fsp3) is 0.524. The van der Waals surface area contributed by atoms with Crippen LogP contribution in [0, 0.1) is 0 Å². The zero-order valence-corrected chi connectivity index (χ0v) is 19.1. The second kappa shape index (κ2) is 11.3. The molecule has 0 aromatic heterocycles. The first-order chi connectivity index (χ1) is 12.4. The van der Waals surface area contributed by atoms with Gasteiger partial charge in [-0.1, -0.05) is 55.3 Å². The van der Waals surface area contributed by atoms with E-state index in [2.05, 4.69) is 52.5 Å². The lowest BCUT2D eigenvalue weighted by molar-refractivity contribution is -0.127. The topological polar surface area (TPSA) is 56.7 Å². The van der Waals surface area contributed by atoms with Gasteiger partial charge in [0.15, 0.2) is 5.96 Å². The van der Waals surface area contributed by atoms with E-state index in [0.717, 1.165) is 12.1 Å². The number of nitrogens with one attached hydrogen (secondary N) is 2. The number of likely N-dealkylation sites (N-methyl/N-ethyl adjacent to an activating group) is 1. The summed E-state index contributed by atoms with van der Waals surface area (Å²) in [5.41, 5.74) is 2.55. The predicted molar refractivity (Wildman–Crippen MR) is 124 cm³/mol. The Morgan fingerprint density at radius 2 is 1.81 bits per heavy atom. The number of amides is 1. The summed E-state index contributed by atoms with van der Waals surface area (Å²) in [6, 6.07) is 10.7. The molecule has 0 aliphatic heterocycles. The zero-order valence-electron chi connectivity index (χ0n) is 16.8. The Morgan fingerprint density at radius 1 is 1.19 bits per heavy atom. The van der Waals surface area contributed by atoms with Crippen molar-refractivity contribution in [1.29, 1.82) is 0 Å². The second-order valence-corrected chi connectivity index (χ2v) is 7.47. The molecule has 150 valence electrons. The molecule has 1 aliphatic rings. The van der Waals surface area contributed by atoms with E-state index in [9.17, 15) is 4.79 Å². The average Bonchev–Trinajstić information content (AvgIpc) is 3.11. The summed E-state index contributed by atoms with van der Waals surface area (Å²) in [5.74, 6) is 0.658. The normalized spacial score (nSPS) is 15.6. The van der Waals surface area contributed by atoms with Crippen molar-refractivity contribution < 1.29 is 4.79 Å². The molecule has 0 spiro atoms. The second-order valence-electron chi connectivity index (χ2n) is 7.47. The molecule has 0 heterocycles. The maximum Gasteiger partial charge on any atom is 0.243 e. The molecule has 1 aliphatic carbocycles. The van der Waals surface area contributed by atoms with Crippen LogP contribution in [0.15, 0.2) is 47.5 Å². The zero-order chi connectivity index (χ0) is 19.0. The summed E-state index contributed by atoms with van der Waals surface area (Å²) in [6.45, 7) is 7.49. The molecule has 1 aromatic rings. The minimum absolute atomic E-state index is 0. The van der Waals surface area contributed by atoms with Gasteiger partial charge in [-0.05, 0) is 25.3 Å². The third-order valence-corrected chi connectivity index (χ3v) is 4.97. The van der Waals surface area contributed by atoms with E-state index in [0.29, 0.717) is 12.5 Å². The van der Waals surface area contributed by atoms with Crippen molar-refractivity contribution in [2.45, 2.75) is 38.0 Å². The third-order valence-electron chi connectivity index (χ3n) is 4.97. The van der Waals surface area contributed by atoms with Crippen LogP contribution < -0.4 is 10.6 Å². The van der Waals surface area contributed by atoms with Crippen LogP contribution in [0.2, 0.25) is 0 Å². The summed E-state index contributed by atoms with van der Waals surface area (Å²) in [4.78, 5) is 17.9. The van der Waals surface area contributed by atoms with Gasteiger partial charge in [0.2, 0.25) is 5.91 Å². The smallest absolute Gasteiger partial charge is 0.243 e. The highest BCUT2D eigenvalue weighted by Crippen LogP contribution is 2.40. The molecule has 1 fully saturated rings. The number of halogens is 1. The van der Waals surface area contributed by atoms with Gasteiger partial charge in [0, 0.05) is 32.6 Å². The highest BCUT2D eigenvalue weighted by molar-refractivity contribution is 14.0. The molecular formula is C21H33IN4O. The summed E-state index contributed by atoms with van der Waals surface area (Å²) < 4.78 is 0. The molecule has 1 aromatic carbocycles. The molecule has 2 rings (SSSR count). The third kappa shape index (κ3) is 7.16. The average molecular weight is 484 g/mol. The van der Waals surface area contributed by atoms with E-state index in [-0.39, 0.29) is 41.8 Å². The predicted octanol–water partition coefficient (Wildman–Crippen LogP) is 3.32. The lowest BCUT2D eigenvalue weighted by Crippen LogP contribution is -2.45. The van der Waals surface area contributed by atoms with Crippen molar-refractivity contribution in [3.05, 3.63) is 48.0 Å². The van der Waals surface area contributed by atoms with E-state index in [1.165, 1.54) is 31.2 Å². The molecule has 0 radical (unpaired) electrons. The number of rotatable bonds is 7. The summed E-state index contributed by atoms with van der Waals surface area (Å²) in [6.07, 6.45) is 4.85. The Hall–Kier alpha value is -1.57. The van der Waals surface area contributed by atoms with Crippen LogP contribution >= 0.6 is 24.0 Å². The minimum Gasteiger partial charge on any atom is -0.355 e. The molecule has 0 saturated heterocycles. The molecule has 27 heavy (non-hydrogen) atoms. The highest BCUT2D eigenvalue weighted by atomic mass is 127. The van der Waals surface area contributed by atoms with E-state index >= 15 is 0 Å². The van der Waals surface area contributed by atoms with Crippen LogP contribution in [-0.4, -0.2) is 50.5 Å². The van der Waals surface area contributed by atoms with Crippen LogP contribution in [0.5, 0.6) is 0 Å². The number of hydrogen-bond donors (Lipinski definition) is 2. The molecule has 5 nitrogen and oxygen atoms in total. The summed E-state index contributed by atoms with van der Waals surface area (Å²) in [7, 11) is 3.49. The number of guanidine groups is 1. The van der Waals surface area contributed by atoms with Crippen LogP contribution in [0.4, 0.5) is 0 Å². The molecule has 0 atom stereocenters. The van der Waals surface area contributed by atoms with Gasteiger partial charge in [0.25, 0.3) is 0 Å². The quantitative estimate of drug-likeness (QED) is 0.270. The van der Waals surface area contributed by atoms with Crippen molar-refractivity contribution in [1.82, 2.24) is 15.5 Å². The van der Waals surface area contributed by atoms with Gasteiger partial charge in [0.1, 0.15) is 6.54 Å². The van der Waals surface area contributed by atoms with E-state index in [1.807, 2.05) is 6.92 Å². The van der Waals surface area contributed by atoms with Crippen molar-refractivity contribution in [3.8, 4) is 0 Å². The van der Waals surface area contributed by atoms with Crippen LogP contribution in [0.25, 0.3) is 0 Å². The van der Waals surface area contributed by atoms with E-state index in [1.54, 1.807) is 19.0 Å². The number of hydrogen-bond acceptors (Lipinski definition) is 2. The van der Waals surface area contributed by atoms with Gasteiger partial charge >= 0.3 is 0 Å². The Kier molecular flexibility index (Phi) is 9.83. The molecule has 0 unspecified atom stereocenters. The fourth-order valence-electron chi connectivity index (χ4n) is 3.36. The number of carbonyl (C=O) groups is 1. The van der Waals surface area contributed by atoms with E-state index in [4.69, 9.17) is 0 Å². The molecular weight excluding hydrogens is 451 g/mol. The van der Waals surface area contributed by atoms with E-state index < -0.39 is 0 Å². The molecule has 0 bridgehead atoms. The Balaban J connectivity index is 0.00000364. The molecule has 1 amide bonds. The van der Waals surface area contributed by atoms with Gasteiger partial charge < -0.3 is 15.5 Å². The summed E-state index contributed by atoms with van der Waals surface area (Å²) in [5, 5.41) is 6.75. The molecule has 1 saturated carbocycles. The minimum atomic E-state index is -0.0138. The van der Waals surface area contributed by atoms with Gasteiger partial charge in [-0.3, -0.25) is 4.79 Å². The van der Waals surface area contributed by atoms with Crippen molar-refractivity contribution in [2.24, 2.45) is 4.99 Å².